The standard InChI is InChI=1S/C6H7ClF2O/c1-6(8,9)4-5(10)2-3-7/h2-3H,4H2,1H3/b3-2+. The molecule has 0 rings (SSSR count). The van der Waals surface area contributed by atoms with E-state index in [2.05, 4.69) is 0 Å². The fraction of sp³-hybridized carbons (Fsp3) is 0.500. The van der Waals surface area contributed by atoms with Gasteiger partial charge in [-0.2, -0.15) is 0 Å². The summed E-state index contributed by atoms with van der Waals surface area (Å²) in [5.41, 5.74) is 0.925. The van der Waals surface area contributed by atoms with E-state index in [-0.39, 0.29) is 0 Å². The molecule has 0 heterocycles. The van der Waals surface area contributed by atoms with E-state index in [0.29, 0.717) is 6.92 Å². The van der Waals surface area contributed by atoms with Crippen LogP contribution in [-0.2, 0) is 4.79 Å². The van der Waals surface area contributed by atoms with Gasteiger partial charge in [0.05, 0.1) is 6.42 Å². The van der Waals surface area contributed by atoms with E-state index in [9.17, 15) is 13.6 Å². The first-order valence-electron chi connectivity index (χ1n) is 2.63. The smallest absolute Gasteiger partial charge is 0.252 e. The molecule has 0 saturated heterocycles. The Hall–Kier alpha value is -0.440. The molecule has 0 aromatic heterocycles. The second-order valence-corrected chi connectivity index (χ2v) is 2.26. The number of carbonyl (C=O) groups excluding carboxylic acids is 1. The van der Waals surface area contributed by atoms with Crippen molar-refractivity contribution in [3.8, 4) is 0 Å². The minimum absolute atomic E-state index is 0.664. The van der Waals surface area contributed by atoms with Gasteiger partial charge in [-0.15, -0.1) is 0 Å². The zero-order valence-electron chi connectivity index (χ0n) is 5.40. The van der Waals surface area contributed by atoms with Crippen molar-refractivity contribution >= 4 is 17.4 Å². The number of hydrogen-bond donors (Lipinski definition) is 0. The second-order valence-electron chi connectivity index (χ2n) is 2.01. The predicted molar refractivity (Wildman–Crippen MR) is 35.2 cm³/mol. The Bertz CT molecular complexity index is 148. The molecule has 58 valence electrons. The van der Waals surface area contributed by atoms with Crippen LogP contribution in [0.25, 0.3) is 0 Å². The Morgan fingerprint density at radius 2 is 2.20 bits per heavy atom. The molecule has 0 radical (unpaired) electrons. The molecule has 4 heteroatoms. The fourth-order valence-corrected chi connectivity index (χ4v) is 0.576. The first-order chi connectivity index (χ1) is 4.45. The number of allylic oxidation sites excluding steroid dienone is 1. The van der Waals surface area contributed by atoms with E-state index in [1.54, 1.807) is 0 Å². The maximum Gasteiger partial charge on any atom is 0.252 e. The molecule has 0 atom stereocenters. The van der Waals surface area contributed by atoms with Gasteiger partial charge in [-0.1, -0.05) is 11.6 Å². The summed E-state index contributed by atoms with van der Waals surface area (Å²) < 4.78 is 24.0. The van der Waals surface area contributed by atoms with Crippen molar-refractivity contribution in [3.63, 3.8) is 0 Å². The third-order valence-electron chi connectivity index (χ3n) is 0.734. The number of ketones is 1. The van der Waals surface area contributed by atoms with Gasteiger partial charge < -0.3 is 0 Å². The second kappa shape index (κ2) is 3.66. The van der Waals surface area contributed by atoms with Crippen molar-refractivity contribution in [2.75, 3.05) is 0 Å². The first kappa shape index (κ1) is 9.56. The number of hydrogen-bond acceptors (Lipinski definition) is 1. The highest BCUT2D eigenvalue weighted by Gasteiger charge is 2.23. The van der Waals surface area contributed by atoms with Crippen molar-refractivity contribution in [2.45, 2.75) is 19.3 Å². The molecule has 0 aliphatic carbocycles. The van der Waals surface area contributed by atoms with Crippen LogP contribution < -0.4 is 0 Å². The van der Waals surface area contributed by atoms with Crippen LogP contribution in [0.2, 0.25) is 0 Å². The van der Waals surface area contributed by atoms with Gasteiger partial charge in [0, 0.05) is 5.54 Å². The summed E-state index contributed by atoms with van der Waals surface area (Å²) >= 11 is 4.98. The molecule has 0 aromatic carbocycles. The molecule has 1 nitrogen and oxygen atoms in total. The third-order valence-corrected chi connectivity index (χ3v) is 0.860. The van der Waals surface area contributed by atoms with Gasteiger partial charge in [0.2, 0.25) is 0 Å². The molecule has 10 heavy (non-hydrogen) atoms. The molecule has 0 unspecified atom stereocenters. The van der Waals surface area contributed by atoms with E-state index in [1.807, 2.05) is 0 Å². The molecule has 0 amide bonds. The van der Waals surface area contributed by atoms with E-state index >= 15 is 0 Å². The maximum absolute atomic E-state index is 12.0. The van der Waals surface area contributed by atoms with Crippen LogP contribution >= 0.6 is 11.6 Å². The topological polar surface area (TPSA) is 17.1 Å². The molecule has 0 aromatic rings. The Morgan fingerprint density at radius 3 is 2.50 bits per heavy atom. The van der Waals surface area contributed by atoms with E-state index < -0.39 is 18.1 Å². The lowest BCUT2D eigenvalue weighted by molar-refractivity contribution is -0.120. The van der Waals surface area contributed by atoms with Crippen molar-refractivity contribution in [2.24, 2.45) is 0 Å². The highest BCUT2D eigenvalue weighted by molar-refractivity contribution is 6.26. The van der Waals surface area contributed by atoms with E-state index in [0.717, 1.165) is 11.6 Å². The summed E-state index contributed by atoms with van der Waals surface area (Å²) in [4.78, 5) is 10.4. The largest absolute Gasteiger partial charge is 0.295 e. The fourth-order valence-electron chi connectivity index (χ4n) is 0.435. The summed E-state index contributed by atoms with van der Waals surface area (Å²) in [6.07, 6.45) is 0.134. The molecular weight excluding hydrogens is 162 g/mol. The van der Waals surface area contributed by atoms with Gasteiger partial charge in [0.15, 0.2) is 5.78 Å². The molecular formula is C6H7ClF2O. The highest BCUT2D eigenvalue weighted by Crippen LogP contribution is 2.16. The number of halogens is 3. The number of rotatable bonds is 3. The van der Waals surface area contributed by atoms with Gasteiger partial charge in [-0.05, 0) is 13.0 Å². The maximum atomic E-state index is 12.0. The Balaban J connectivity index is 3.81. The van der Waals surface area contributed by atoms with Crippen molar-refractivity contribution in [1.29, 1.82) is 0 Å². The highest BCUT2D eigenvalue weighted by atomic mass is 35.5. The zero-order valence-corrected chi connectivity index (χ0v) is 6.16. The monoisotopic (exact) mass is 168 g/mol. The first-order valence-corrected chi connectivity index (χ1v) is 3.07. The van der Waals surface area contributed by atoms with Crippen LogP contribution in [0.5, 0.6) is 0 Å². The molecule has 0 fully saturated rings. The average molecular weight is 169 g/mol. The van der Waals surface area contributed by atoms with Gasteiger partial charge >= 0.3 is 0 Å². The number of carbonyl (C=O) groups is 1. The SMILES string of the molecule is CC(F)(F)CC(=O)/C=C/Cl. The van der Waals surface area contributed by atoms with Crippen LogP contribution in [0.3, 0.4) is 0 Å². The third kappa shape index (κ3) is 5.69. The van der Waals surface area contributed by atoms with E-state index in [1.165, 1.54) is 0 Å². The Labute approximate surface area is 62.7 Å². The van der Waals surface area contributed by atoms with Crippen LogP contribution in [0.15, 0.2) is 11.6 Å². The Kier molecular flexibility index (Phi) is 3.50. The molecule has 0 spiro atoms. The van der Waals surface area contributed by atoms with Crippen LogP contribution in [0.1, 0.15) is 13.3 Å². The number of alkyl halides is 2. The Morgan fingerprint density at radius 1 is 1.70 bits per heavy atom. The van der Waals surface area contributed by atoms with E-state index in [4.69, 9.17) is 11.6 Å². The predicted octanol–water partition coefficient (Wildman–Crippen LogP) is 2.35. The summed E-state index contributed by atoms with van der Waals surface area (Å²) in [7, 11) is 0. The lowest BCUT2D eigenvalue weighted by Crippen LogP contribution is -2.14. The molecule has 0 N–H and O–H groups in total. The van der Waals surface area contributed by atoms with Gasteiger partial charge in [0.1, 0.15) is 0 Å². The van der Waals surface area contributed by atoms with Crippen LogP contribution in [0.4, 0.5) is 8.78 Å². The minimum Gasteiger partial charge on any atom is -0.295 e. The molecule has 0 aliphatic rings. The van der Waals surface area contributed by atoms with Crippen molar-refractivity contribution in [3.05, 3.63) is 11.6 Å². The average Bonchev–Trinajstić information content (AvgIpc) is 1.59. The van der Waals surface area contributed by atoms with Gasteiger partial charge in [0.25, 0.3) is 5.92 Å². The normalized spacial score (nSPS) is 12.4. The molecule has 0 bridgehead atoms. The van der Waals surface area contributed by atoms with Crippen LogP contribution in [-0.4, -0.2) is 11.7 Å². The van der Waals surface area contributed by atoms with Gasteiger partial charge in [-0.3, -0.25) is 4.79 Å². The minimum atomic E-state index is -2.94. The van der Waals surface area contributed by atoms with Crippen molar-refractivity contribution < 1.29 is 13.6 Å². The zero-order chi connectivity index (χ0) is 8.20. The summed E-state index contributed by atoms with van der Waals surface area (Å²) in [6, 6.07) is 0. The molecule has 0 saturated carbocycles. The summed E-state index contributed by atoms with van der Waals surface area (Å²) in [5.74, 6) is -3.60. The summed E-state index contributed by atoms with van der Waals surface area (Å²) in [6.45, 7) is 0.687. The van der Waals surface area contributed by atoms with Crippen molar-refractivity contribution in [1.82, 2.24) is 0 Å². The van der Waals surface area contributed by atoms with Crippen LogP contribution in [0, 0.1) is 0 Å². The lowest BCUT2D eigenvalue weighted by atomic mass is 10.2. The molecule has 0 aliphatic heterocycles. The van der Waals surface area contributed by atoms with Gasteiger partial charge in [-0.25, -0.2) is 8.78 Å². The lowest BCUT2D eigenvalue weighted by Gasteiger charge is -2.05. The quantitative estimate of drug-likeness (QED) is 0.592. The summed E-state index contributed by atoms with van der Waals surface area (Å²) in [5, 5.41) is 0.